The van der Waals surface area contributed by atoms with Crippen LogP contribution in [0.25, 0.3) is 0 Å². The number of benzene rings is 1. The van der Waals surface area contributed by atoms with Crippen molar-refractivity contribution in [1.29, 1.82) is 0 Å². The predicted molar refractivity (Wildman–Crippen MR) is 93.8 cm³/mol. The lowest BCUT2D eigenvalue weighted by Crippen LogP contribution is -2.61. The molecule has 1 saturated carbocycles. The summed E-state index contributed by atoms with van der Waals surface area (Å²) in [5.74, 6) is 0.145. The van der Waals surface area contributed by atoms with Gasteiger partial charge in [-0.3, -0.25) is 14.5 Å². The van der Waals surface area contributed by atoms with Gasteiger partial charge in [0.15, 0.2) is 5.78 Å². The van der Waals surface area contributed by atoms with E-state index in [0.717, 1.165) is 18.4 Å². The summed E-state index contributed by atoms with van der Waals surface area (Å²) in [5, 5.41) is 0.551. The topological polar surface area (TPSA) is 66.6 Å². The zero-order valence-corrected chi connectivity index (χ0v) is 14.8. The average molecular weight is 350 g/mol. The van der Waals surface area contributed by atoms with Crippen LogP contribution in [0.3, 0.4) is 0 Å². The molecule has 0 aromatic heterocycles. The van der Waals surface area contributed by atoms with E-state index in [1.807, 2.05) is 23.1 Å². The molecule has 1 heterocycles. The van der Waals surface area contributed by atoms with Crippen molar-refractivity contribution >= 4 is 23.3 Å². The summed E-state index contributed by atoms with van der Waals surface area (Å²) < 4.78 is 0. The molecule has 6 heteroatoms. The van der Waals surface area contributed by atoms with Crippen LogP contribution in [0, 0.1) is 0 Å². The van der Waals surface area contributed by atoms with Crippen molar-refractivity contribution < 1.29 is 9.59 Å². The molecule has 2 fully saturated rings. The second-order valence-corrected chi connectivity index (χ2v) is 7.17. The van der Waals surface area contributed by atoms with Crippen molar-refractivity contribution in [3.8, 4) is 0 Å². The van der Waals surface area contributed by atoms with E-state index in [4.69, 9.17) is 17.3 Å². The van der Waals surface area contributed by atoms with E-state index in [1.54, 1.807) is 13.0 Å². The quantitative estimate of drug-likeness (QED) is 0.883. The summed E-state index contributed by atoms with van der Waals surface area (Å²) in [6, 6.07) is 7.18. The van der Waals surface area contributed by atoms with Crippen LogP contribution < -0.4 is 5.73 Å². The summed E-state index contributed by atoms with van der Waals surface area (Å²) in [6.45, 7) is 4.36. The first kappa shape index (κ1) is 17.4. The van der Waals surface area contributed by atoms with Crippen molar-refractivity contribution in [3.05, 3.63) is 34.9 Å². The van der Waals surface area contributed by atoms with Crippen LogP contribution in [0.5, 0.6) is 0 Å². The first-order valence-corrected chi connectivity index (χ1v) is 8.89. The van der Waals surface area contributed by atoms with Crippen LogP contribution >= 0.6 is 11.6 Å². The molecule has 24 heavy (non-hydrogen) atoms. The molecule has 1 saturated heterocycles. The third-order valence-electron chi connectivity index (χ3n) is 5.35. The van der Waals surface area contributed by atoms with E-state index in [0.29, 0.717) is 37.6 Å². The van der Waals surface area contributed by atoms with Gasteiger partial charge in [0.2, 0.25) is 5.91 Å². The van der Waals surface area contributed by atoms with Gasteiger partial charge in [-0.2, -0.15) is 0 Å². The number of piperazine rings is 1. The number of halogens is 1. The zero-order valence-electron chi connectivity index (χ0n) is 14.0. The number of nitrogens with zero attached hydrogens (tertiary/aromatic N) is 2. The van der Waals surface area contributed by atoms with Crippen molar-refractivity contribution in [2.24, 2.45) is 5.73 Å². The lowest BCUT2D eigenvalue weighted by atomic mass is 9.73. The van der Waals surface area contributed by atoms with Gasteiger partial charge in [-0.25, -0.2) is 0 Å². The Balaban J connectivity index is 1.79. The Morgan fingerprint density at radius 2 is 1.92 bits per heavy atom. The molecule has 2 aliphatic rings. The number of Topliss-reactive ketones (excluding diaryl/α,β-unsaturated/α-hetero) is 1. The standard InChI is InChI=1S/C18H24ClN3O2/c1-13(23)21-9-11-22(12-10-21)16-7-4-8-18(20,17(16)24)14-5-2-3-6-15(14)19/h2-3,5-6,16H,4,7-12,20H2,1H3. The average Bonchev–Trinajstić information content (AvgIpc) is 2.58. The Hall–Kier alpha value is -1.43. The highest BCUT2D eigenvalue weighted by Gasteiger charge is 2.46. The lowest BCUT2D eigenvalue weighted by molar-refractivity contribution is -0.136. The minimum absolute atomic E-state index is 0.0538. The van der Waals surface area contributed by atoms with Gasteiger partial charge in [-0.1, -0.05) is 29.8 Å². The predicted octanol–water partition coefficient (Wildman–Crippen LogP) is 1.78. The van der Waals surface area contributed by atoms with E-state index >= 15 is 0 Å². The number of rotatable bonds is 2. The molecule has 1 amide bonds. The fourth-order valence-electron chi connectivity index (χ4n) is 3.91. The Labute approximate surface area is 147 Å². The van der Waals surface area contributed by atoms with Gasteiger partial charge in [0.25, 0.3) is 0 Å². The smallest absolute Gasteiger partial charge is 0.219 e. The highest BCUT2D eigenvalue weighted by atomic mass is 35.5. The van der Waals surface area contributed by atoms with Gasteiger partial charge in [0.1, 0.15) is 5.54 Å². The number of hydrogen-bond donors (Lipinski definition) is 1. The van der Waals surface area contributed by atoms with Crippen molar-refractivity contribution in [1.82, 2.24) is 9.80 Å². The fraction of sp³-hybridized carbons (Fsp3) is 0.556. The second kappa shape index (κ2) is 6.82. The number of carbonyl (C=O) groups excluding carboxylic acids is 2. The molecule has 1 aliphatic carbocycles. The molecule has 1 aromatic rings. The van der Waals surface area contributed by atoms with Crippen molar-refractivity contribution in [2.75, 3.05) is 26.2 Å². The van der Waals surface area contributed by atoms with Crippen LogP contribution in [0.4, 0.5) is 0 Å². The molecule has 130 valence electrons. The normalized spacial score (nSPS) is 28.9. The molecule has 3 rings (SSSR count). The van der Waals surface area contributed by atoms with Gasteiger partial charge >= 0.3 is 0 Å². The Bertz CT molecular complexity index is 643. The molecule has 5 nitrogen and oxygen atoms in total. The van der Waals surface area contributed by atoms with Gasteiger partial charge in [-0.15, -0.1) is 0 Å². The van der Waals surface area contributed by atoms with E-state index in [9.17, 15) is 9.59 Å². The summed E-state index contributed by atoms with van der Waals surface area (Å²) in [7, 11) is 0. The Morgan fingerprint density at radius 3 is 2.54 bits per heavy atom. The molecule has 2 unspecified atom stereocenters. The summed E-state index contributed by atoms with van der Waals surface area (Å²) in [6.07, 6.45) is 2.34. The summed E-state index contributed by atoms with van der Waals surface area (Å²) in [5.41, 5.74) is 6.28. The van der Waals surface area contributed by atoms with Crippen LogP contribution in [-0.2, 0) is 15.1 Å². The first-order valence-electron chi connectivity index (χ1n) is 8.51. The number of ketones is 1. The van der Waals surface area contributed by atoms with E-state index in [-0.39, 0.29) is 17.7 Å². The van der Waals surface area contributed by atoms with E-state index < -0.39 is 5.54 Å². The van der Waals surface area contributed by atoms with E-state index in [2.05, 4.69) is 4.90 Å². The Morgan fingerprint density at radius 1 is 1.25 bits per heavy atom. The van der Waals surface area contributed by atoms with Crippen LogP contribution in [0.2, 0.25) is 5.02 Å². The van der Waals surface area contributed by atoms with Gasteiger partial charge < -0.3 is 10.6 Å². The van der Waals surface area contributed by atoms with Gasteiger partial charge in [0, 0.05) is 38.1 Å². The number of hydrogen-bond acceptors (Lipinski definition) is 4. The first-order chi connectivity index (χ1) is 11.4. The monoisotopic (exact) mass is 349 g/mol. The molecular formula is C18H24ClN3O2. The molecule has 2 N–H and O–H groups in total. The molecule has 0 bridgehead atoms. The lowest BCUT2D eigenvalue weighted by Gasteiger charge is -2.44. The van der Waals surface area contributed by atoms with Gasteiger partial charge in [-0.05, 0) is 30.9 Å². The molecule has 1 aromatic carbocycles. The Kier molecular flexibility index (Phi) is 4.95. The van der Waals surface area contributed by atoms with Crippen LogP contribution in [0.15, 0.2) is 24.3 Å². The molecule has 0 radical (unpaired) electrons. The zero-order chi connectivity index (χ0) is 17.3. The van der Waals surface area contributed by atoms with Crippen molar-refractivity contribution in [3.63, 3.8) is 0 Å². The molecule has 0 spiro atoms. The minimum atomic E-state index is -1.01. The van der Waals surface area contributed by atoms with Crippen LogP contribution in [-0.4, -0.2) is 53.7 Å². The highest BCUT2D eigenvalue weighted by Crippen LogP contribution is 2.37. The third kappa shape index (κ3) is 3.08. The summed E-state index contributed by atoms with van der Waals surface area (Å²) >= 11 is 6.31. The largest absolute Gasteiger partial charge is 0.340 e. The van der Waals surface area contributed by atoms with E-state index in [1.165, 1.54) is 0 Å². The van der Waals surface area contributed by atoms with Crippen LogP contribution in [0.1, 0.15) is 31.7 Å². The molecular weight excluding hydrogens is 326 g/mol. The molecule has 1 aliphatic heterocycles. The highest BCUT2D eigenvalue weighted by molar-refractivity contribution is 6.31. The molecule has 2 atom stereocenters. The number of carbonyl (C=O) groups is 2. The summed E-state index contributed by atoms with van der Waals surface area (Å²) in [4.78, 5) is 28.7. The maximum atomic E-state index is 13.2. The number of amides is 1. The maximum absolute atomic E-state index is 13.2. The number of nitrogens with two attached hydrogens (primary N) is 1. The minimum Gasteiger partial charge on any atom is -0.340 e. The maximum Gasteiger partial charge on any atom is 0.219 e. The van der Waals surface area contributed by atoms with Gasteiger partial charge in [0.05, 0.1) is 6.04 Å². The van der Waals surface area contributed by atoms with Crippen molar-refractivity contribution in [2.45, 2.75) is 37.8 Å². The third-order valence-corrected chi connectivity index (χ3v) is 5.68. The fourth-order valence-corrected chi connectivity index (χ4v) is 4.22. The second-order valence-electron chi connectivity index (χ2n) is 6.77. The SMILES string of the molecule is CC(=O)N1CCN(C2CCCC(N)(c3ccccc3Cl)C2=O)CC1.